The van der Waals surface area contributed by atoms with Gasteiger partial charge in [-0.05, 0) is 5.56 Å². The lowest BCUT2D eigenvalue weighted by Gasteiger charge is -2.25. The van der Waals surface area contributed by atoms with Gasteiger partial charge >= 0.3 is 0 Å². The number of hydrogen-bond acceptors (Lipinski definition) is 3. The van der Waals surface area contributed by atoms with E-state index in [4.69, 9.17) is 0 Å². The Bertz CT molecular complexity index is 538. The number of nitrogens with zero attached hydrogens (tertiary/aromatic N) is 1. The highest BCUT2D eigenvalue weighted by Crippen LogP contribution is 2.18. The minimum atomic E-state index is -0.796. The Morgan fingerprint density at radius 1 is 1.24 bits per heavy atom. The van der Waals surface area contributed by atoms with E-state index >= 15 is 0 Å². The molecule has 0 spiro atoms. The van der Waals surface area contributed by atoms with Crippen molar-refractivity contribution in [3.8, 4) is 0 Å². The first kappa shape index (κ1) is 15.0. The van der Waals surface area contributed by atoms with Gasteiger partial charge in [0.25, 0.3) is 0 Å². The van der Waals surface area contributed by atoms with Crippen molar-refractivity contribution < 1.29 is 14.4 Å². The molecule has 0 aliphatic carbocycles. The van der Waals surface area contributed by atoms with Gasteiger partial charge in [0.1, 0.15) is 6.04 Å². The minimum absolute atomic E-state index is 0.179. The van der Waals surface area contributed by atoms with Crippen LogP contribution in [0.4, 0.5) is 0 Å². The van der Waals surface area contributed by atoms with Crippen LogP contribution in [0, 0.1) is 0 Å². The summed E-state index contributed by atoms with van der Waals surface area (Å²) in [4.78, 5) is 37.2. The highest BCUT2D eigenvalue weighted by atomic mass is 16.2. The average Bonchev–Trinajstić information content (AvgIpc) is 2.82. The molecule has 1 aromatic carbocycles. The van der Waals surface area contributed by atoms with E-state index in [1.54, 1.807) is 6.08 Å². The summed E-state index contributed by atoms with van der Waals surface area (Å²) in [6, 6.07) is 8.55. The van der Waals surface area contributed by atoms with Crippen molar-refractivity contribution in [1.82, 2.24) is 10.2 Å². The number of likely N-dealkylation sites (tertiary alicyclic amines) is 1. The highest BCUT2D eigenvalue weighted by Gasteiger charge is 2.38. The van der Waals surface area contributed by atoms with Crippen molar-refractivity contribution >= 4 is 17.7 Å². The lowest BCUT2D eigenvalue weighted by Crippen LogP contribution is -2.50. The van der Waals surface area contributed by atoms with Crippen molar-refractivity contribution in [1.29, 1.82) is 0 Å². The molecule has 0 unspecified atom stereocenters. The summed E-state index contributed by atoms with van der Waals surface area (Å²) in [7, 11) is 0. The number of carbonyl (C=O) groups excluding carboxylic acids is 3. The third-order valence-electron chi connectivity index (χ3n) is 3.40. The van der Waals surface area contributed by atoms with Crippen LogP contribution in [0.3, 0.4) is 0 Å². The number of nitrogens with one attached hydrogen (secondary N) is 1. The molecule has 1 aliphatic heterocycles. The Labute approximate surface area is 123 Å². The highest BCUT2D eigenvalue weighted by molar-refractivity contribution is 6.05. The summed E-state index contributed by atoms with van der Waals surface area (Å²) in [5.41, 5.74) is 0.906. The Balaban J connectivity index is 2.21. The smallest absolute Gasteiger partial charge is 0.243 e. The maximum atomic E-state index is 12.3. The molecular weight excluding hydrogens is 268 g/mol. The number of amides is 3. The van der Waals surface area contributed by atoms with Gasteiger partial charge in [-0.25, -0.2) is 0 Å². The van der Waals surface area contributed by atoms with Gasteiger partial charge in [0.15, 0.2) is 0 Å². The standard InChI is InChI=1S/C16H18N2O3/c1-2-10-17-16(21)13(11-12-6-4-3-5-7-12)18-14(19)8-9-15(18)20/h2-7,13H,1,8-11H2,(H,17,21)/t13-/m0/s1. The predicted octanol–water partition coefficient (Wildman–Crippen LogP) is 1.05. The lowest BCUT2D eigenvalue weighted by molar-refractivity contribution is -0.146. The van der Waals surface area contributed by atoms with E-state index in [0.717, 1.165) is 10.5 Å². The van der Waals surface area contributed by atoms with E-state index in [0.29, 0.717) is 13.0 Å². The minimum Gasteiger partial charge on any atom is -0.351 e. The zero-order valence-electron chi connectivity index (χ0n) is 11.7. The lowest BCUT2D eigenvalue weighted by atomic mass is 10.0. The first-order chi connectivity index (χ1) is 10.1. The van der Waals surface area contributed by atoms with Crippen LogP contribution in [0.2, 0.25) is 0 Å². The molecule has 2 rings (SSSR count). The molecule has 5 heteroatoms. The Morgan fingerprint density at radius 3 is 2.43 bits per heavy atom. The second-order valence-electron chi connectivity index (χ2n) is 4.90. The van der Waals surface area contributed by atoms with Crippen molar-refractivity contribution in [2.75, 3.05) is 6.54 Å². The van der Waals surface area contributed by atoms with Crippen LogP contribution < -0.4 is 5.32 Å². The third kappa shape index (κ3) is 3.56. The number of carbonyl (C=O) groups is 3. The van der Waals surface area contributed by atoms with Crippen LogP contribution >= 0.6 is 0 Å². The van der Waals surface area contributed by atoms with Crippen LogP contribution in [0.5, 0.6) is 0 Å². The zero-order chi connectivity index (χ0) is 15.2. The summed E-state index contributed by atoms with van der Waals surface area (Å²) in [6.45, 7) is 3.85. The van der Waals surface area contributed by atoms with Crippen LogP contribution in [0.25, 0.3) is 0 Å². The van der Waals surface area contributed by atoms with Crippen molar-refractivity contribution in [3.05, 3.63) is 48.6 Å². The number of benzene rings is 1. The van der Waals surface area contributed by atoms with Gasteiger partial charge in [0.2, 0.25) is 17.7 Å². The number of imide groups is 1. The molecule has 1 aliphatic rings. The molecule has 0 saturated carbocycles. The van der Waals surface area contributed by atoms with Crippen molar-refractivity contribution in [2.24, 2.45) is 0 Å². The zero-order valence-corrected chi connectivity index (χ0v) is 11.7. The Hall–Kier alpha value is -2.43. The number of hydrogen-bond donors (Lipinski definition) is 1. The SMILES string of the molecule is C=CCNC(=O)[C@H](Cc1ccccc1)N1C(=O)CCC1=O. The van der Waals surface area contributed by atoms with Gasteiger partial charge in [-0.1, -0.05) is 36.4 Å². The maximum absolute atomic E-state index is 12.3. The monoisotopic (exact) mass is 286 g/mol. The second kappa shape index (κ2) is 6.83. The molecule has 1 N–H and O–H groups in total. The topological polar surface area (TPSA) is 66.5 Å². The van der Waals surface area contributed by atoms with Gasteiger partial charge < -0.3 is 5.32 Å². The summed E-state index contributed by atoms with van der Waals surface area (Å²) in [5.74, 6) is -0.897. The Morgan fingerprint density at radius 2 is 1.86 bits per heavy atom. The molecule has 0 radical (unpaired) electrons. The molecule has 1 saturated heterocycles. The predicted molar refractivity (Wildman–Crippen MR) is 78.2 cm³/mol. The Kier molecular flexibility index (Phi) is 4.87. The molecule has 1 aromatic rings. The van der Waals surface area contributed by atoms with E-state index in [1.807, 2.05) is 30.3 Å². The van der Waals surface area contributed by atoms with Gasteiger partial charge in [0.05, 0.1) is 0 Å². The van der Waals surface area contributed by atoms with Crippen molar-refractivity contribution in [2.45, 2.75) is 25.3 Å². The fraction of sp³-hybridized carbons (Fsp3) is 0.312. The van der Waals surface area contributed by atoms with Gasteiger partial charge in [0, 0.05) is 25.8 Å². The van der Waals surface area contributed by atoms with Crippen LogP contribution in [0.15, 0.2) is 43.0 Å². The molecule has 1 fully saturated rings. The molecule has 1 heterocycles. The summed E-state index contributed by atoms with van der Waals surface area (Å²) in [5, 5.41) is 2.67. The van der Waals surface area contributed by atoms with Crippen molar-refractivity contribution in [3.63, 3.8) is 0 Å². The van der Waals surface area contributed by atoms with Gasteiger partial charge in [-0.3, -0.25) is 19.3 Å². The molecule has 0 aromatic heterocycles. The van der Waals surface area contributed by atoms with E-state index in [-0.39, 0.29) is 30.6 Å². The molecule has 110 valence electrons. The number of rotatable bonds is 6. The van der Waals surface area contributed by atoms with E-state index in [9.17, 15) is 14.4 Å². The largest absolute Gasteiger partial charge is 0.351 e. The molecule has 21 heavy (non-hydrogen) atoms. The molecular formula is C16H18N2O3. The fourth-order valence-electron chi connectivity index (χ4n) is 2.37. The normalized spacial score (nSPS) is 15.9. The van der Waals surface area contributed by atoms with E-state index < -0.39 is 6.04 Å². The van der Waals surface area contributed by atoms with Gasteiger partial charge in [-0.2, -0.15) is 0 Å². The second-order valence-corrected chi connectivity index (χ2v) is 4.90. The van der Waals surface area contributed by atoms with Crippen LogP contribution in [-0.2, 0) is 20.8 Å². The first-order valence-corrected chi connectivity index (χ1v) is 6.91. The van der Waals surface area contributed by atoms with E-state index in [1.165, 1.54) is 0 Å². The van der Waals surface area contributed by atoms with E-state index in [2.05, 4.69) is 11.9 Å². The summed E-state index contributed by atoms with van der Waals surface area (Å²) >= 11 is 0. The van der Waals surface area contributed by atoms with Crippen LogP contribution in [-0.4, -0.2) is 35.2 Å². The molecule has 3 amide bonds. The van der Waals surface area contributed by atoms with Gasteiger partial charge in [-0.15, -0.1) is 6.58 Å². The summed E-state index contributed by atoms with van der Waals surface area (Å²) in [6.07, 6.45) is 2.24. The molecule has 1 atom stereocenters. The van der Waals surface area contributed by atoms with Crippen LogP contribution in [0.1, 0.15) is 18.4 Å². The molecule has 5 nitrogen and oxygen atoms in total. The molecule has 0 bridgehead atoms. The third-order valence-corrected chi connectivity index (χ3v) is 3.40. The first-order valence-electron chi connectivity index (χ1n) is 6.91. The average molecular weight is 286 g/mol. The maximum Gasteiger partial charge on any atom is 0.243 e. The summed E-state index contributed by atoms with van der Waals surface area (Å²) < 4.78 is 0. The fourth-order valence-corrected chi connectivity index (χ4v) is 2.37. The quantitative estimate of drug-likeness (QED) is 0.628.